The average Bonchev–Trinajstić information content (AvgIpc) is 3.46. The lowest BCUT2D eigenvalue weighted by Gasteiger charge is -2.07. The van der Waals surface area contributed by atoms with Crippen molar-refractivity contribution in [2.24, 2.45) is 4.99 Å². The van der Waals surface area contributed by atoms with Crippen LogP contribution in [0.5, 0.6) is 0 Å². The summed E-state index contributed by atoms with van der Waals surface area (Å²) in [5.41, 5.74) is 8.78. The molecule has 0 bridgehead atoms. The summed E-state index contributed by atoms with van der Waals surface area (Å²) in [7, 11) is 0. The van der Waals surface area contributed by atoms with E-state index in [1.54, 1.807) is 0 Å². The molecule has 0 fully saturated rings. The first-order valence-corrected chi connectivity index (χ1v) is 15.1. The van der Waals surface area contributed by atoms with Crippen molar-refractivity contribution in [3.63, 3.8) is 0 Å². The Bertz CT molecular complexity index is 2110. The van der Waals surface area contributed by atoms with Gasteiger partial charge in [0.2, 0.25) is 0 Å². The Hall–Kier alpha value is -5.38. The molecule has 0 saturated heterocycles. The molecule has 0 spiro atoms. The van der Waals surface area contributed by atoms with E-state index in [2.05, 4.69) is 115 Å². The molecule has 1 N–H and O–H groups in total. The summed E-state index contributed by atoms with van der Waals surface area (Å²) in [4.78, 5) is 5.05. The van der Waals surface area contributed by atoms with E-state index in [9.17, 15) is 0 Å². The summed E-state index contributed by atoms with van der Waals surface area (Å²) in [5, 5.41) is 11.3. The zero-order valence-electron chi connectivity index (χ0n) is 23.4. The van der Waals surface area contributed by atoms with Crippen molar-refractivity contribution in [1.29, 1.82) is 5.41 Å². The molecule has 7 rings (SSSR count). The van der Waals surface area contributed by atoms with Crippen LogP contribution in [0.15, 0.2) is 163 Å². The highest BCUT2D eigenvalue weighted by Crippen LogP contribution is 2.38. The molecule has 0 aliphatic rings. The minimum absolute atomic E-state index is 0.423. The van der Waals surface area contributed by atoms with Crippen LogP contribution < -0.4 is 0 Å². The molecule has 0 saturated carbocycles. The molecule has 0 unspecified atom stereocenters. The number of fused-ring (bicyclic) bond motifs is 3. The number of rotatable bonds is 7. The highest BCUT2D eigenvalue weighted by atomic mass is 32.1. The maximum atomic E-state index is 8.84. The van der Waals surface area contributed by atoms with E-state index in [0.29, 0.717) is 5.71 Å². The number of thiophene rings is 1. The standard InChI is InChI=1S/C40H28N2S/c41-36(31-15-8-3-9-16-31)26-37(32-21-19-30(20-22-32)28-11-4-1-5-12-28)42-27-34-17-10-18-39-40(34)35-25-33(23-24-38(35)43-39)29-13-6-2-7-14-29/h1-27,41H/b37-26-,41-36?,42-27?. The van der Waals surface area contributed by atoms with Gasteiger partial charge in [0, 0.05) is 37.5 Å². The second-order valence-electron chi connectivity index (χ2n) is 10.4. The molecule has 1 aromatic heterocycles. The monoisotopic (exact) mass is 568 g/mol. The summed E-state index contributed by atoms with van der Waals surface area (Å²) in [5.74, 6) is 0. The molecule has 6 aromatic carbocycles. The number of aliphatic imine (C=N–C) groups is 1. The lowest BCUT2D eigenvalue weighted by Crippen LogP contribution is -1.96. The van der Waals surface area contributed by atoms with Crippen LogP contribution in [0.2, 0.25) is 0 Å². The molecule has 7 aromatic rings. The number of hydrogen-bond acceptors (Lipinski definition) is 3. The lowest BCUT2D eigenvalue weighted by atomic mass is 10.0. The zero-order chi connectivity index (χ0) is 29.0. The van der Waals surface area contributed by atoms with Crippen LogP contribution in [-0.4, -0.2) is 11.9 Å². The second kappa shape index (κ2) is 11.8. The molecule has 3 heteroatoms. The van der Waals surface area contributed by atoms with Crippen molar-refractivity contribution < 1.29 is 0 Å². The third kappa shape index (κ3) is 5.59. The molecule has 204 valence electrons. The summed E-state index contributed by atoms with van der Waals surface area (Å²) in [6.45, 7) is 0. The van der Waals surface area contributed by atoms with Crippen molar-refractivity contribution in [3.05, 3.63) is 174 Å². The fraction of sp³-hybridized carbons (Fsp3) is 0. The average molecular weight is 569 g/mol. The van der Waals surface area contributed by atoms with Crippen LogP contribution in [0.4, 0.5) is 0 Å². The van der Waals surface area contributed by atoms with E-state index in [1.807, 2.05) is 60.0 Å². The fourth-order valence-electron chi connectivity index (χ4n) is 5.41. The van der Waals surface area contributed by atoms with Gasteiger partial charge in [-0.05, 0) is 52.1 Å². The van der Waals surface area contributed by atoms with Gasteiger partial charge in [-0.15, -0.1) is 11.3 Å². The number of benzene rings is 6. The molecule has 0 amide bonds. The quantitative estimate of drug-likeness (QED) is 0.186. The summed E-state index contributed by atoms with van der Waals surface area (Å²) in [6, 6.07) is 52.3. The zero-order valence-corrected chi connectivity index (χ0v) is 24.3. The number of nitrogens with one attached hydrogen (secondary N) is 1. The van der Waals surface area contributed by atoms with Gasteiger partial charge in [0.05, 0.1) is 11.4 Å². The maximum absolute atomic E-state index is 8.84. The van der Waals surface area contributed by atoms with Crippen molar-refractivity contribution in [2.75, 3.05) is 0 Å². The highest BCUT2D eigenvalue weighted by Gasteiger charge is 2.11. The van der Waals surface area contributed by atoms with Crippen LogP contribution in [0.25, 0.3) is 48.1 Å². The van der Waals surface area contributed by atoms with Crippen molar-refractivity contribution in [3.8, 4) is 22.3 Å². The van der Waals surface area contributed by atoms with E-state index >= 15 is 0 Å². The topological polar surface area (TPSA) is 36.2 Å². The van der Waals surface area contributed by atoms with E-state index in [0.717, 1.165) is 28.0 Å². The maximum Gasteiger partial charge on any atom is 0.0723 e. The SMILES string of the molecule is N=C(/C=C(\N=Cc1cccc2sc3ccc(-c4ccccc4)cc3c12)c1ccc(-c2ccccc2)cc1)c1ccccc1. The molecule has 0 aliphatic carbocycles. The van der Waals surface area contributed by atoms with Gasteiger partial charge in [-0.2, -0.15) is 0 Å². The first-order valence-electron chi connectivity index (χ1n) is 14.3. The van der Waals surface area contributed by atoms with Gasteiger partial charge in [0.25, 0.3) is 0 Å². The van der Waals surface area contributed by atoms with Crippen LogP contribution in [0.3, 0.4) is 0 Å². The summed E-state index contributed by atoms with van der Waals surface area (Å²) >= 11 is 1.81. The third-order valence-electron chi connectivity index (χ3n) is 7.63. The summed E-state index contributed by atoms with van der Waals surface area (Å²) < 4.78 is 2.49. The van der Waals surface area contributed by atoms with Gasteiger partial charge in [0.15, 0.2) is 0 Å². The van der Waals surface area contributed by atoms with Gasteiger partial charge >= 0.3 is 0 Å². The van der Waals surface area contributed by atoms with Crippen molar-refractivity contribution >= 4 is 49.1 Å². The smallest absolute Gasteiger partial charge is 0.0723 e. The van der Waals surface area contributed by atoms with Gasteiger partial charge in [0.1, 0.15) is 0 Å². The molecule has 1 heterocycles. The highest BCUT2D eigenvalue weighted by molar-refractivity contribution is 7.25. The first kappa shape index (κ1) is 26.5. The van der Waals surface area contributed by atoms with Crippen LogP contribution in [-0.2, 0) is 0 Å². The molecule has 0 radical (unpaired) electrons. The second-order valence-corrected chi connectivity index (χ2v) is 11.5. The van der Waals surface area contributed by atoms with Crippen LogP contribution in [0, 0.1) is 5.41 Å². The molecule has 0 aliphatic heterocycles. The van der Waals surface area contributed by atoms with Gasteiger partial charge in [-0.25, -0.2) is 0 Å². The van der Waals surface area contributed by atoms with Gasteiger partial charge in [-0.3, -0.25) is 4.99 Å². The van der Waals surface area contributed by atoms with Gasteiger partial charge in [-0.1, -0.05) is 133 Å². The summed E-state index contributed by atoms with van der Waals surface area (Å²) in [6.07, 6.45) is 3.82. The first-order chi connectivity index (χ1) is 21.2. The molecule has 43 heavy (non-hydrogen) atoms. The van der Waals surface area contributed by atoms with E-state index in [4.69, 9.17) is 10.4 Å². The molecular formula is C40H28N2S. The number of allylic oxidation sites excluding steroid dienone is 1. The molecule has 0 atom stereocenters. The van der Waals surface area contributed by atoms with Crippen molar-refractivity contribution in [2.45, 2.75) is 0 Å². The van der Waals surface area contributed by atoms with Crippen molar-refractivity contribution in [1.82, 2.24) is 0 Å². The Balaban J connectivity index is 1.31. The minimum Gasteiger partial charge on any atom is -0.300 e. The largest absolute Gasteiger partial charge is 0.300 e. The lowest BCUT2D eigenvalue weighted by molar-refractivity contribution is 1.47. The Kier molecular flexibility index (Phi) is 7.31. The Morgan fingerprint density at radius 1 is 0.535 bits per heavy atom. The Morgan fingerprint density at radius 2 is 1.14 bits per heavy atom. The predicted molar refractivity (Wildman–Crippen MR) is 185 cm³/mol. The van der Waals surface area contributed by atoms with Gasteiger partial charge < -0.3 is 5.41 Å². The minimum atomic E-state index is 0.423. The number of nitrogens with zero attached hydrogens (tertiary/aromatic N) is 1. The molecule has 2 nitrogen and oxygen atoms in total. The van der Waals surface area contributed by atoms with E-state index in [1.165, 1.54) is 36.9 Å². The third-order valence-corrected chi connectivity index (χ3v) is 8.77. The molecular weight excluding hydrogens is 541 g/mol. The van der Waals surface area contributed by atoms with E-state index < -0.39 is 0 Å². The van der Waals surface area contributed by atoms with E-state index in [-0.39, 0.29) is 0 Å². The Morgan fingerprint density at radius 3 is 1.84 bits per heavy atom. The van der Waals surface area contributed by atoms with Crippen LogP contribution >= 0.6 is 11.3 Å². The predicted octanol–water partition coefficient (Wildman–Crippen LogP) is 10.9. The normalized spacial score (nSPS) is 11.9. The van der Waals surface area contributed by atoms with Crippen LogP contribution in [0.1, 0.15) is 16.7 Å². The number of hydrogen-bond donors (Lipinski definition) is 1. The Labute approximate surface area is 255 Å². The fourth-order valence-corrected chi connectivity index (χ4v) is 6.53.